The number of para-hydroxylation sites is 1. The Hall–Kier alpha value is -8.20. The van der Waals surface area contributed by atoms with E-state index in [0.29, 0.717) is 11.8 Å². The van der Waals surface area contributed by atoms with Crippen LogP contribution < -0.4 is 9.64 Å². The standard InChI is InChI=1S/C75H69NO/c1-4-6-7-10-17-54-24-38-64(39-25-54)75(73-23-16-15-22-71(73)72-49-44-68(52-74(72)75)76(66-20-13-9-14-21-66)67-42-34-59(35-43-67)57-18-11-8-12-19-57)65-40-47-70(48-41-65)77-69-45-36-56(37-46-69)53(3)50-55(5-2)58-26-28-60(29-27-58)62-32-30-61-31-33-63(61)51-62/h8-9,11-16,18-30,32,34-49,51-53,55H,4-7,10,17,31,33,50H2,1-3H3. The van der Waals surface area contributed by atoms with Gasteiger partial charge in [-0.05, 0) is 194 Å². The molecule has 0 bridgehead atoms. The van der Waals surface area contributed by atoms with Crippen LogP contribution in [-0.2, 0) is 24.7 Å². The highest BCUT2D eigenvalue weighted by atomic mass is 16.5. The number of anilines is 3. The maximum atomic E-state index is 6.69. The third kappa shape index (κ3) is 9.95. The molecule has 12 rings (SSSR count). The summed E-state index contributed by atoms with van der Waals surface area (Å²) < 4.78 is 6.69. The highest BCUT2D eigenvalue weighted by Gasteiger charge is 2.46. The van der Waals surface area contributed by atoms with Gasteiger partial charge < -0.3 is 9.64 Å². The lowest BCUT2D eigenvalue weighted by Crippen LogP contribution is -2.29. The van der Waals surface area contributed by atoms with Gasteiger partial charge in [0, 0.05) is 17.1 Å². The molecule has 0 heterocycles. The van der Waals surface area contributed by atoms with Crippen LogP contribution in [0.15, 0.2) is 243 Å². The molecular weight excluding hydrogens is 931 g/mol. The van der Waals surface area contributed by atoms with E-state index in [2.05, 4.69) is 268 Å². The summed E-state index contributed by atoms with van der Waals surface area (Å²) in [6, 6.07) is 90.3. The number of ether oxygens (including phenoxy) is 1. The molecule has 77 heavy (non-hydrogen) atoms. The second kappa shape index (κ2) is 22.2. The third-order valence-corrected chi connectivity index (χ3v) is 16.9. The van der Waals surface area contributed by atoms with E-state index in [1.54, 1.807) is 0 Å². The van der Waals surface area contributed by atoms with Crippen LogP contribution in [0.5, 0.6) is 11.5 Å². The molecule has 0 saturated heterocycles. The zero-order valence-electron chi connectivity index (χ0n) is 45.0. The van der Waals surface area contributed by atoms with Crippen LogP contribution in [0.25, 0.3) is 33.4 Å². The molecule has 2 nitrogen and oxygen atoms in total. The van der Waals surface area contributed by atoms with Gasteiger partial charge in [-0.25, -0.2) is 0 Å². The Morgan fingerprint density at radius 1 is 0.442 bits per heavy atom. The highest BCUT2D eigenvalue weighted by Crippen LogP contribution is 2.57. The molecule has 0 aromatic heterocycles. The molecule has 10 aromatic rings. The molecule has 3 unspecified atom stereocenters. The molecule has 0 saturated carbocycles. The fraction of sp³-hybridized carbons (Fsp3) is 0.200. The van der Waals surface area contributed by atoms with Crippen LogP contribution in [-0.4, -0.2) is 0 Å². The zero-order valence-corrected chi connectivity index (χ0v) is 45.0. The summed E-state index contributed by atoms with van der Waals surface area (Å²) >= 11 is 0. The molecule has 0 amide bonds. The molecule has 2 aliphatic carbocycles. The van der Waals surface area contributed by atoms with Gasteiger partial charge in [0.25, 0.3) is 0 Å². The second-order valence-electron chi connectivity index (χ2n) is 21.7. The van der Waals surface area contributed by atoms with Gasteiger partial charge in [0.05, 0.1) is 5.41 Å². The van der Waals surface area contributed by atoms with Crippen molar-refractivity contribution < 1.29 is 4.74 Å². The van der Waals surface area contributed by atoms with Crippen LogP contribution in [0.1, 0.15) is 121 Å². The van der Waals surface area contributed by atoms with Gasteiger partial charge in [-0.3, -0.25) is 0 Å². The maximum absolute atomic E-state index is 6.69. The fourth-order valence-electron chi connectivity index (χ4n) is 12.5. The first-order valence-corrected chi connectivity index (χ1v) is 28.4. The summed E-state index contributed by atoms with van der Waals surface area (Å²) in [4.78, 5) is 2.40. The summed E-state index contributed by atoms with van der Waals surface area (Å²) in [6.07, 6.45) is 10.7. The minimum Gasteiger partial charge on any atom is -0.457 e. The largest absolute Gasteiger partial charge is 0.457 e. The van der Waals surface area contributed by atoms with Gasteiger partial charge in [-0.1, -0.05) is 222 Å². The molecule has 0 N–H and O–H groups in total. The topological polar surface area (TPSA) is 12.5 Å². The van der Waals surface area contributed by atoms with Crippen molar-refractivity contribution in [2.24, 2.45) is 0 Å². The Morgan fingerprint density at radius 2 is 1.00 bits per heavy atom. The Labute approximate surface area is 457 Å². The van der Waals surface area contributed by atoms with Gasteiger partial charge in [-0.2, -0.15) is 0 Å². The van der Waals surface area contributed by atoms with E-state index < -0.39 is 5.41 Å². The predicted octanol–water partition coefficient (Wildman–Crippen LogP) is 20.6. The first-order valence-electron chi connectivity index (χ1n) is 28.4. The molecule has 10 aromatic carbocycles. The van der Waals surface area contributed by atoms with E-state index >= 15 is 0 Å². The lowest BCUT2D eigenvalue weighted by Gasteiger charge is -2.35. The summed E-state index contributed by atoms with van der Waals surface area (Å²) in [6.45, 7) is 6.98. The maximum Gasteiger partial charge on any atom is 0.127 e. The average Bonchev–Trinajstić information content (AvgIpc) is 3.80. The van der Waals surface area contributed by atoms with Crippen LogP contribution in [0.3, 0.4) is 0 Å². The van der Waals surface area contributed by atoms with E-state index in [1.165, 1.54) is 122 Å². The minimum absolute atomic E-state index is 0.407. The Balaban J connectivity index is 0.852. The number of fused-ring (bicyclic) bond motifs is 4. The number of hydrogen-bond acceptors (Lipinski definition) is 2. The van der Waals surface area contributed by atoms with Crippen molar-refractivity contribution in [1.29, 1.82) is 0 Å². The SMILES string of the molecule is CCCCCCc1ccc(C2(c3ccc(Oc4ccc(C(C)CC(CC)c5ccc(-c6ccc7c(c6)CC7)cc5)cc4)cc3)c3ccccc3-c3ccc(N(c4ccccc4)c4ccc(-c5ccccc5)cc4)cc32)cc1. The van der Waals surface area contributed by atoms with Crippen LogP contribution in [0.4, 0.5) is 17.1 Å². The van der Waals surface area contributed by atoms with Crippen molar-refractivity contribution in [2.45, 2.75) is 95.8 Å². The number of aryl methyl sites for hydroxylation is 3. The number of hydrogen-bond donors (Lipinski definition) is 0. The number of rotatable bonds is 19. The smallest absolute Gasteiger partial charge is 0.127 e. The van der Waals surface area contributed by atoms with E-state index in [-0.39, 0.29) is 0 Å². The van der Waals surface area contributed by atoms with Crippen molar-refractivity contribution in [1.82, 2.24) is 0 Å². The van der Waals surface area contributed by atoms with Gasteiger partial charge in [0.1, 0.15) is 11.5 Å². The molecule has 0 aliphatic heterocycles. The summed E-state index contributed by atoms with van der Waals surface area (Å²) in [5.74, 6) is 2.56. The van der Waals surface area contributed by atoms with Crippen LogP contribution in [0, 0.1) is 0 Å². The Bertz CT molecular complexity index is 3580. The van der Waals surface area contributed by atoms with Gasteiger partial charge in [0.15, 0.2) is 0 Å². The Morgan fingerprint density at radius 3 is 1.68 bits per heavy atom. The molecular formula is C75H69NO. The second-order valence-corrected chi connectivity index (χ2v) is 21.7. The first-order chi connectivity index (χ1) is 38.0. The zero-order chi connectivity index (χ0) is 52.1. The fourth-order valence-corrected chi connectivity index (χ4v) is 12.5. The van der Waals surface area contributed by atoms with E-state index in [0.717, 1.165) is 47.8 Å². The predicted molar refractivity (Wildman–Crippen MR) is 324 cm³/mol. The minimum atomic E-state index is -0.598. The monoisotopic (exact) mass is 1000 g/mol. The van der Waals surface area contributed by atoms with E-state index in [1.807, 2.05) is 0 Å². The molecule has 0 radical (unpaired) electrons. The molecule has 2 heteroatoms. The normalized spacial score (nSPS) is 14.9. The number of unbranched alkanes of at least 4 members (excludes halogenated alkanes) is 3. The van der Waals surface area contributed by atoms with Crippen molar-refractivity contribution in [2.75, 3.05) is 4.90 Å². The van der Waals surface area contributed by atoms with E-state index in [9.17, 15) is 0 Å². The average molecular weight is 1000 g/mol. The lowest BCUT2D eigenvalue weighted by molar-refractivity contribution is 0.481. The van der Waals surface area contributed by atoms with Crippen molar-refractivity contribution in [3.8, 4) is 44.9 Å². The van der Waals surface area contributed by atoms with Crippen LogP contribution in [0.2, 0.25) is 0 Å². The van der Waals surface area contributed by atoms with E-state index in [4.69, 9.17) is 4.74 Å². The molecule has 2 aliphatic rings. The lowest BCUT2D eigenvalue weighted by atomic mass is 9.67. The van der Waals surface area contributed by atoms with Crippen LogP contribution >= 0.6 is 0 Å². The van der Waals surface area contributed by atoms with Gasteiger partial charge >= 0.3 is 0 Å². The number of nitrogens with zero attached hydrogens (tertiary/aromatic N) is 1. The van der Waals surface area contributed by atoms with Gasteiger partial charge in [-0.15, -0.1) is 0 Å². The van der Waals surface area contributed by atoms with Gasteiger partial charge in [0.2, 0.25) is 0 Å². The van der Waals surface area contributed by atoms with Crippen molar-refractivity contribution in [3.05, 3.63) is 293 Å². The first kappa shape index (κ1) is 49.7. The quantitative estimate of drug-likeness (QED) is 0.0749. The highest BCUT2D eigenvalue weighted by molar-refractivity contribution is 5.90. The van der Waals surface area contributed by atoms with Crippen molar-refractivity contribution in [3.63, 3.8) is 0 Å². The summed E-state index contributed by atoms with van der Waals surface area (Å²) in [5, 5.41) is 0. The summed E-state index contributed by atoms with van der Waals surface area (Å²) in [5.41, 5.74) is 22.5. The third-order valence-electron chi connectivity index (χ3n) is 16.9. The molecule has 380 valence electrons. The Kier molecular flexibility index (Phi) is 14.3. The van der Waals surface area contributed by atoms with Crippen molar-refractivity contribution >= 4 is 17.1 Å². The molecule has 0 fully saturated rings. The number of benzene rings is 10. The molecule has 3 atom stereocenters. The molecule has 0 spiro atoms. The summed E-state index contributed by atoms with van der Waals surface area (Å²) in [7, 11) is 0.